The second-order valence-electron chi connectivity index (χ2n) is 10.2. The number of amidine groups is 2. The second kappa shape index (κ2) is 8.29. The Morgan fingerprint density at radius 2 is 2.00 bits per heavy atom. The molecule has 35 heavy (non-hydrogen) atoms. The molecular weight excluding hydrogens is 454 g/mol. The van der Waals surface area contributed by atoms with E-state index < -0.39 is 23.3 Å². The van der Waals surface area contributed by atoms with Crippen LogP contribution >= 0.6 is 0 Å². The van der Waals surface area contributed by atoms with Gasteiger partial charge in [-0.3, -0.25) is 9.59 Å². The number of oxime groups is 1. The van der Waals surface area contributed by atoms with Crippen LogP contribution in [-0.4, -0.2) is 69.2 Å². The van der Waals surface area contributed by atoms with Crippen LogP contribution in [0.3, 0.4) is 0 Å². The first-order valence-electron chi connectivity index (χ1n) is 11.8. The van der Waals surface area contributed by atoms with Crippen LogP contribution in [0.1, 0.15) is 62.9 Å². The monoisotopic (exact) mass is 485 g/mol. The molecule has 1 spiro atoms. The van der Waals surface area contributed by atoms with Gasteiger partial charge in [-0.1, -0.05) is 17.3 Å². The molecule has 1 amide bonds. The molecule has 12 nitrogen and oxygen atoms in total. The summed E-state index contributed by atoms with van der Waals surface area (Å²) in [4.78, 5) is 37.5. The molecule has 5 rings (SSSR count). The lowest BCUT2D eigenvalue weighted by Gasteiger charge is -2.45. The summed E-state index contributed by atoms with van der Waals surface area (Å²) >= 11 is 0. The highest BCUT2D eigenvalue weighted by atomic mass is 16.8. The van der Waals surface area contributed by atoms with Crippen LogP contribution in [0.2, 0.25) is 0 Å². The molecule has 0 saturated carbocycles. The van der Waals surface area contributed by atoms with Crippen molar-refractivity contribution in [3.63, 3.8) is 0 Å². The van der Waals surface area contributed by atoms with Crippen LogP contribution in [0.15, 0.2) is 28.5 Å². The lowest BCUT2D eigenvalue weighted by Crippen LogP contribution is -2.61. The largest absolute Gasteiger partial charge is 0.467 e. The van der Waals surface area contributed by atoms with Gasteiger partial charge in [-0.2, -0.15) is 5.53 Å². The van der Waals surface area contributed by atoms with Crippen molar-refractivity contribution >= 4 is 23.5 Å². The van der Waals surface area contributed by atoms with Gasteiger partial charge in [0.25, 0.3) is 5.91 Å². The zero-order chi connectivity index (χ0) is 25.0. The third-order valence-corrected chi connectivity index (χ3v) is 6.48. The van der Waals surface area contributed by atoms with E-state index in [9.17, 15) is 9.59 Å². The molecule has 1 unspecified atom stereocenters. The molecule has 188 valence electrons. The average molecular weight is 486 g/mol. The van der Waals surface area contributed by atoms with Crippen molar-refractivity contribution in [3.05, 3.63) is 29.3 Å². The van der Waals surface area contributed by atoms with Crippen molar-refractivity contribution in [2.45, 2.75) is 71.2 Å². The van der Waals surface area contributed by atoms with Crippen LogP contribution in [0.4, 0.5) is 0 Å². The molecule has 1 saturated heterocycles. The summed E-state index contributed by atoms with van der Waals surface area (Å²) in [6.07, 6.45) is 1.32. The minimum atomic E-state index is -0.721. The molecule has 1 aromatic carbocycles. The summed E-state index contributed by atoms with van der Waals surface area (Å²) in [5.74, 6) is 1.46. The standard InChI is InChI=1S/C23H31N7O5/c1-14-7-6-8-16-19(14)21(32)24-23(33-16)9-11-28(12-10-23)18-13-17(34-26-18)20-25-27-30(35-15(2)31)29(20)22(3,4)5/h6-8,17,27H,9-13H2,1-5H3,(H,24,32). The average Bonchev–Trinajstić information content (AvgIpc) is 3.40. The number of hydrogen-bond acceptors (Lipinski definition) is 11. The summed E-state index contributed by atoms with van der Waals surface area (Å²) in [5.41, 5.74) is 3.07. The van der Waals surface area contributed by atoms with Crippen molar-refractivity contribution in [2.75, 3.05) is 13.1 Å². The number of carbonyl (C=O) groups is 2. The predicted molar refractivity (Wildman–Crippen MR) is 126 cm³/mol. The Bertz CT molecular complexity index is 1100. The van der Waals surface area contributed by atoms with Gasteiger partial charge in [-0.15, -0.1) is 5.10 Å². The molecule has 0 aromatic heterocycles. The number of hydrazone groups is 1. The maximum absolute atomic E-state index is 12.8. The molecule has 12 heteroatoms. The predicted octanol–water partition coefficient (Wildman–Crippen LogP) is 1.64. The fraction of sp³-hybridized carbons (Fsp3) is 0.565. The fourth-order valence-corrected chi connectivity index (χ4v) is 4.85. The Hall–Kier alpha value is -3.54. The summed E-state index contributed by atoms with van der Waals surface area (Å²) in [5, 5.41) is 14.7. The van der Waals surface area contributed by atoms with Gasteiger partial charge in [0.05, 0.1) is 22.8 Å². The van der Waals surface area contributed by atoms with Gasteiger partial charge < -0.3 is 24.6 Å². The minimum absolute atomic E-state index is 0.0919. The zero-order valence-electron chi connectivity index (χ0n) is 20.6. The number of nitrogens with zero attached hydrogens (tertiary/aromatic N) is 5. The molecule has 1 fully saturated rings. The molecule has 4 aliphatic heterocycles. The molecule has 1 aromatic rings. The van der Waals surface area contributed by atoms with Crippen molar-refractivity contribution in [2.24, 2.45) is 10.3 Å². The fourth-order valence-electron chi connectivity index (χ4n) is 4.85. The van der Waals surface area contributed by atoms with Crippen molar-refractivity contribution < 1.29 is 24.0 Å². The maximum atomic E-state index is 12.8. The number of carbonyl (C=O) groups excluding carboxylic acids is 2. The molecule has 0 bridgehead atoms. The van der Waals surface area contributed by atoms with Gasteiger partial charge in [0, 0.05) is 32.9 Å². The molecular formula is C23H31N7O5. The number of likely N-dealkylation sites (tertiary alicyclic amines) is 1. The van der Waals surface area contributed by atoms with E-state index in [0.29, 0.717) is 49.5 Å². The van der Waals surface area contributed by atoms with Crippen molar-refractivity contribution in [1.29, 1.82) is 0 Å². The number of fused-ring (bicyclic) bond motifs is 1. The van der Waals surface area contributed by atoms with Crippen LogP contribution in [0.25, 0.3) is 0 Å². The van der Waals surface area contributed by atoms with E-state index in [1.54, 1.807) is 5.01 Å². The molecule has 2 N–H and O–H groups in total. The highest BCUT2D eigenvalue weighted by Crippen LogP contribution is 2.35. The summed E-state index contributed by atoms with van der Waals surface area (Å²) in [6, 6.07) is 5.67. The summed E-state index contributed by atoms with van der Waals surface area (Å²) < 4.78 is 6.31. The van der Waals surface area contributed by atoms with Gasteiger partial charge in [-0.25, -0.2) is 5.01 Å². The van der Waals surface area contributed by atoms with Crippen molar-refractivity contribution in [1.82, 2.24) is 26.0 Å². The number of ether oxygens (including phenoxy) is 1. The summed E-state index contributed by atoms with van der Waals surface area (Å²) in [7, 11) is 0. The number of amides is 1. The number of benzene rings is 1. The van der Waals surface area contributed by atoms with Gasteiger partial charge in [0.1, 0.15) is 11.6 Å². The van der Waals surface area contributed by atoms with Gasteiger partial charge >= 0.3 is 5.97 Å². The Morgan fingerprint density at radius 1 is 1.26 bits per heavy atom. The Labute approximate surface area is 203 Å². The number of hydrazine groups is 2. The SMILES string of the molecule is CC(=O)ON1NN=C(C2CC(N3CCC4(CC3)NC(=O)c3c(C)cccc3O4)=NO2)N1C(C)(C)C. The van der Waals surface area contributed by atoms with Gasteiger partial charge in [0.2, 0.25) is 0 Å². The van der Waals surface area contributed by atoms with Crippen LogP contribution < -0.4 is 15.6 Å². The maximum Gasteiger partial charge on any atom is 0.326 e. The number of hydrogen-bond donors (Lipinski definition) is 2. The third-order valence-electron chi connectivity index (χ3n) is 6.48. The van der Waals surface area contributed by atoms with Crippen LogP contribution in [0.5, 0.6) is 5.75 Å². The smallest absolute Gasteiger partial charge is 0.326 e. The van der Waals surface area contributed by atoms with Crippen molar-refractivity contribution in [3.8, 4) is 5.75 Å². The van der Waals surface area contributed by atoms with E-state index in [4.69, 9.17) is 14.4 Å². The van der Waals surface area contributed by atoms with E-state index in [0.717, 1.165) is 11.4 Å². The first kappa shape index (κ1) is 23.2. The first-order chi connectivity index (χ1) is 16.6. The lowest BCUT2D eigenvalue weighted by molar-refractivity contribution is -0.280. The second-order valence-corrected chi connectivity index (χ2v) is 10.2. The lowest BCUT2D eigenvalue weighted by atomic mass is 9.95. The highest BCUT2D eigenvalue weighted by Gasteiger charge is 2.47. The number of rotatable bonds is 2. The molecule has 1 atom stereocenters. The summed E-state index contributed by atoms with van der Waals surface area (Å²) in [6.45, 7) is 10.5. The van der Waals surface area contributed by atoms with Gasteiger partial charge in [-0.05, 0) is 39.3 Å². The minimum Gasteiger partial charge on any atom is -0.467 e. The van der Waals surface area contributed by atoms with E-state index in [2.05, 4.69) is 26.0 Å². The van der Waals surface area contributed by atoms with Crippen LogP contribution in [-0.2, 0) is 14.5 Å². The molecule has 0 aliphatic carbocycles. The Morgan fingerprint density at radius 3 is 2.69 bits per heavy atom. The molecule has 4 heterocycles. The normalized spacial score (nSPS) is 23.6. The molecule has 4 aliphatic rings. The quantitative estimate of drug-likeness (QED) is 0.644. The highest BCUT2D eigenvalue weighted by molar-refractivity contribution is 6.00. The van der Waals surface area contributed by atoms with Crippen LogP contribution in [0, 0.1) is 6.92 Å². The Balaban J connectivity index is 1.23. The Kier molecular flexibility index (Phi) is 5.50. The zero-order valence-corrected chi connectivity index (χ0v) is 20.6. The third kappa shape index (κ3) is 4.22. The first-order valence-corrected chi connectivity index (χ1v) is 11.8. The van der Waals surface area contributed by atoms with E-state index in [1.807, 2.05) is 45.9 Å². The number of nitrogens with one attached hydrogen (secondary N) is 2. The van der Waals surface area contributed by atoms with E-state index in [-0.39, 0.29) is 5.91 Å². The van der Waals surface area contributed by atoms with E-state index >= 15 is 0 Å². The molecule has 0 radical (unpaired) electrons. The van der Waals surface area contributed by atoms with Gasteiger partial charge in [0.15, 0.2) is 17.7 Å². The number of piperidine rings is 1. The van der Waals surface area contributed by atoms with E-state index in [1.165, 1.54) is 12.2 Å². The topological polar surface area (TPSA) is 120 Å². The number of aryl methyl sites for hydroxylation is 1.